The van der Waals surface area contributed by atoms with Gasteiger partial charge in [-0.05, 0) is 22.6 Å². The molecular weight excluding hydrogens is 258 g/mol. The second kappa shape index (κ2) is 7.07. The van der Waals surface area contributed by atoms with E-state index in [1.54, 1.807) is 11.3 Å². The summed E-state index contributed by atoms with van der Waals surface area (Å²) in [5, 5.41) is 2.02. The van der Waals surface area contributed by atoms with Gasteiger partial charge in [-0.1, -0.05) is 30.3 Å². The Bertz CT molecular complexity index is 523. The summed E-state index contributed by atoms with van der Waals surface area (Å²) in [6, 6.07) is 11.7. The van der Waals surface area contributed by atoms with Gasteiger partial charge in [-0.3, -0.25) is 4.79 Å². The van der Waals surface area contributed by atoms with Crippen LogP contribution in [0.4, 0.5) is 0 Å². The van der Waals surface area contributed by atoms with Crippen LogP contribution in [0.3, 0.4) is 0 Å². The quantitative estimate of drug-likeness (QED) is 0.824. The van der Waals surface area contributed by atoms with Gasteiger partial charge in [0.2, 0.25) is 0 Å². The van der Waals surface area contributed by atoms with E-state index in [2.05, 4.69) is 0 Å². The standard InChI is InChI=1S/C15H17NO2S/c16-11-13-5-2-1-4-12(13)10-15(17)18-8-7-14-6-3-9-19-14/h1-6,9H,7-8,10-11,16H2. The van der Waals surface area contributed by atoms with E-state index in [9.17, 15) is 4.79 Å². The van der Waals surface area contributed by atoms with Crippen molar-refractivity contribution in [2.45, 2.75) is 19.4 Å². The lowest BCUT2D eigenvalue weighted by Gasteiger charge is -2.07. The van der Waals surface area contributed by atoms with Crippen LogP contribution in [0.25, 0.3) is 0 Å². The second-order valence-corrected chi connectivity index (χ2v) is 5.23. The minimum atomic E-state index is -0.197. The van der Waals surface area contributed by atoms with E-state index in [-0.39, 0.29) is 12.4 Å². The van der Waals surface area contributed by atoms with Crippen LogP contribution in [-0.2, 0) is 28.9 Å². The van der Waals surface area contributed by atoms with Crippen LogP contribution >= 0.6 is 11.3 Å². The number of ether oxygens (including phenoxy) is 1. The molecule has 0 bridgehead atoms. The fourth-order valence-electron chi connectivity index (χ4n) is 1.86. The molecular formula is C15H17NO2S. The van der Waals surface area contributed by atoms with Gasteiger partial charge in [0, 0.05) is 17.8 Å². The zero-order valence-electron chi connectivity index (χ0n) is 10.7. The Kier molecular flexibility index (Phi) is 5.12. The van der Waals surface area contributed by atoms with E-state index >= 15 is 0 Å². The average Bonchev–Trinajstić information content (AvgIpc) is 2.92. The SMILES string of the molecule is NCc1ccccc1CC(=O)OCCc1cccs1. The number of carbonyl (C=O) groups is 1. The van der Waals surface area contributed by atoms with Gasteiger partial charge in [0.25, 0.3) is 0 Å². The number of hydrogen-bond acceptors (Lipinski definition) is 4. The smallest absolute Gasteiger partial charge is 0.310 e. The normalized spacial score (nSPS) is 10.4. The Labute approximate surface area is 117 Å². The summed E-state index contributed by atoms with van der Waals surface area (Å²) in [7, 11) is 0. The number of carbonyl (C=O) groups excluding carboxylic acids is 1. The zero-order chi connectivity index (χ0) is 13.5. The third-order valence-electron chi connectivity index (χ3n) is 2.86. The lowest BCUT2D eigenvalue weighted by atomic mass is 10.1. The van der Waals surface area contributed by atoms with Gasteiger partial charge < -0.3 is 10.5 Å². The minimum absolute atomic E-state index is 0.197. The van der Waals surface area contributed by atoms with Crippen LogP contribution in [0, 0.1) is 0 Å². The molecule has 0 fully saturated rings. The van der Waals surface area contributed by atoms with Crippen LogP contribution in [0.5, 0.6) is 0 Å². The maximum atomic E-state index is 11.7. The molecule has 0 amide bonds. The van der Waals surface area contributed by atoms with Crippen molar-refractivity contribution in [1.82, 2.24) is 0 Å². The summed E-state index contributed by atoms with van der Waals surface area (Å²) in [6.45, 7) is 0.878. The maximum Gasteiger partial charge on any atom is 0.310 e. The molecule has 19 heavy (non-hydrogen) atoms. The zero-order valence-corrected chi connectivity index (χ0v) is 11.5. The molecule has 0 aliphatic rings. The maximum absolute atomic E-state index is 11.7. The summed E-state index contributed by atoms with van der Waals surface area (Å²) < 4.78 is 5.25. The second-order valence-electron chi connectivity index (χ2n) is 4.20. The third kappa shape index (κ3) is 4.19. The van der Waals surface area contributed by atoms with Gasteiger partial charge in [0.05, 0.1) is 13.0 Å². The van der Waals surface area contributed by atoms with Gasteiger partial charge in [0.15, 0.2) is 0 Å². The molecule has 2 aromatic rings. The van der Waals surface area contributed by atoms with Crippen molar-refractivity contribution in [2.24, 2.45) is 5.73 Å². The lowest BCUT2D eigenvalue weighted by Crippen LogP contribution is -2.12. The molecule has 1 aromatic heterocycles. The monoisotopic (exact) mass is 275 g/mol. The van der Waals surface area contributed by atoms with Crippen molar-refractivity contribution in [3.8, 4) is 0 Å². The number of rotatable bonds is 6. The molecule has 1 aromatic carbocycles. The molecule has 3 nitrogen and oxygen atoms in total. The van der Waals surface area contributed by atoms with Crippen LogP contribution in [0.1, 0.15) is 16.0 Å². The van der Waals surface area contributed by atoms with Crippen molar-refractivity contribution in [3.05, 3.63) is 57.8 Å². The predicted molar refractivity (Wildman–Crippen MR) is 77.0 cm³/mol. The Morgan fingerprint density at radius 1 is 1.16 bits per heavy atom. The first-order valence-electron chi connectivity index (χ1n) is 6.24. The Morgan fingerprint density at radius 3 is 2.63 bits per heavy atom. The highest BCUT2D eigenvalue weighted by molar-refractivity contribution is 7.09. The molecule has 100 valence electrons. The molecule has 2 rings (SSSR count). The number of benzene rings is 1. The van der Waals surface area contributed by atoms with Crippen molar-refractivity contribution >= 4 is 17.3 Å². The highest BCUT2D eigenvalue weighted by atomic mass is 32.1. The topological polar surface area (TPSA) is 52.3 Å². The molecule has 0 aliphatic heterocycles. The molecule has 1 heterocycles. The van der Waals surface area contributed by atoms with Crippen molar-refractivity contribution in [3.63, 3.8) is 0 Å². The molecule has 4 heteroatoms. The number of thiophene rings is 1. The molecule has 0 saturated heterocycles. The molecule has 0 unspecified atom stereocenters. The first-order chi connectivity index (χ1) is 9.29. The van der Waals surface area contributed by atoms with Gasteiger partial charge >= 0.3 is 5.97 Å². The minimum Gasteiger partial charge on any atom is -0.465 e. The van der Waals surface area contributed by atoms with Crippen LogP contribution in [0.2, 0.25) is 0 Å². The van der Waals surface area contributed by atoms with E-state index in [0.717, 1.165) is 17.5 Å². The van der Waals surface area contributed by atoms with Gasteiger partial charge in [-0.15, -0.1) is 11.3 Å². The van der Waals surface area contributed by atoms with Crippen molar-refractivity contribution in [1.29, 1.82) is 0 Å². The average molecular weight is 275 g/mol. The summed E-state index contributed by atoms with van der Waals surface area (Å²) in [5.74, 6) is -0.197. The molecule has 2 N–H and O–H groups in total. The lowest BCUT2D eigenvalue weighted by molar-refractivity contribution is -0.142. The summed E-state index contributed by atoms with van der Waals surface area (Å²) in [4.78, 5) is 13.0. The Balaban J connectivity index is 1.80. The van der Waals surface area contributed by atoms with Crippen LogP contribution in [-0.4, -0.2) is 12.6 Å². The third-order valence-corrected chi connectivity index (χ3v) is 3.80. The van der Waals surface area contributed by atoms with Gasteiger partial charge in [-0.25, -0.2) is 0 Å². The largest absolute Gasteiger partial charge is 0.465 e. The predicted octanol–water partition coefficient (Wildman–Crippen LogP) is 2.54. The van der Waals surface area contributed by atoms with Gasteiger partial charge in [-0.2, -0.15) is 0 Å². The Morgan fingerprint density at radius 2 is 1.95 bits per heavy atom. The van der Waals surface area contributed by atoms with Crippen molar-refractivity contribution in [2.75, 3.05) is 6.61 Å². The highest BCUT2D eigenvalue weighted by Gasteiger charge is 2.08. The summed E-state index contributed by atoms with van der Waals surface area (Å²) >= 11 is 1.68. The Hall–Kier alpha value is -1.65. The van der Waals surface area contributed by atoms with E-state index in [4.69, 9.17) is 10.5 Å². The van der Waals surface area contributed by atoms with E-state index in [1.165, 1.54) is 4.88 Å². The molecule has 0 radical (unpaired) electrons. The van der Waals surface area contributed by atoms with Crippen molar-refractivity contribution < 1.29 is 9.53 Å². The molecule has 0 spiro atoms. The van der Waals surface area contributed by atoms with Crippen LogP contribution < -0.4 is 5.73 Å². The number of esters is 1. The van der Waals surface area contributed by atoms with Crippen LogP contribution in [0.15, 0.2) is 41.8 Å². The highest BCUT2D eigenvalue weighted by Crippen LogP contribution is 2.11. The van der Waals surface area contributed by atoms with Gasteiger partial charge in [0.1, 0.15) is 0 Å². The molecule has 0 saturated carbocycles. The fourth-order valence-corrected chi connectivity index (χ4v) is 2.55. The number of nitrogens with two attached hydrogens (primary N) is 1. The summed E-state index contributed by atoms with van der Waals surface area (Å²) in [6.07, 6.45) is 1.07. The van der Waals surface area contributed by atoms with E-state index in [1.807, 2.05) is 41.8 Å². The molecule has 0 aliphatic carbocycles. The summed E-state index contributed by atoms with van der Waals surface area (Å²) in [5.41, 5.74) is 7.59. The number of hydrogen-bond donors (Lipinski definition) is 1. The molecule has 0 atom stereocenters. The van der Waals surface area contributed by atoms with E-state index < -0.39 is 0 Å². The first kappa shape index (κ1) is 13.8. The fraction of sp³-hybridized carbons (Fsp3) is 0.267. The van der Waals surface area contributed by atoms with E-state index in [0.29, 0.717) is 13.2 Å². The first-order valence-corrected chi connectivity index (χ1v) is 7.12.